The van der Waals surface area contributed by atoms with Gasteiger partial charge in [0.05, 0.1) is 17.1 Å². The molecule has 0 saturated carbocycles. The van der Waals surface area contributed by atoms with Gasteiger partial charge in [-0.05, 0) is 29.3 Å². The van der Waals surface area contributed by atoms with Crippen LogP contribution in [0.25, 0.3) is 5.57 Å². The van der Waals surface area contributed by atoms with Gasteiger partial charge in [0.15, 0.2) is 5.06 Å². The molecule has 0 radical (unpaired) electrons. The average molecular weight is 535 g/mol. The van der Waals surface area contributed by atoms with Crippen molar-refractivity contribution in [1.82, 2.24) is 5.32 Å². The van der Waals surface area contributed by atoms with Crippen LogP contribution < -0.4 is 9.62 Å². The predicted molar refractivity (Wildman–Crippen MR) is 125 cm³/mol. The van der Waals surface area contributed by atoms with Crippen LogP contribution in [-0.4, -0.2) is 32.8 Å². The molecule has 1 aliphatic rings. The van der Waals surface area contributed by atoms with E-state index in [1.807, 2.05) is 0 Å². The highest BCUT2D eigenvalue weighted by Gasteiger charge is 2.48. The molecule has 1 unspecified atom stereocenters. The maximum Gasteiger partial charge on any atom is 0.524 e. The maximum absolute atomic E-state index is 13.2. The normalized spacial score (nSPS) is 18.6. The van der Waals surface area contributed by atoms with Gasteiger partial charge in [0.25, 0.3) is 0 Å². The molecule has 12 heteroatoms. The monoisotopic (exact) mass is 534 g/mol. The van der Waals surface area contributed by atoms with Crippen LogP contribution in [0.15, 0.2) is 71.4 Å². The molecule has 0 bridgehead atoms. The van der Waals surface area contributed by atoms with Gasteiger partial charge < -0.3 is 5.32 Å². The van der Waals surface area contributed by atoms with Crippen LogP contribution in [0.4, 0.5) is 18.9 Å². The van der Waals surface area contributed by atoms with Crippen LogP contribution in [0.2, 0.25) is 0 Å². The highest BCUT2D eigenvalue weighted by Crippen LogP contribution is 2.48. The number of halogens is 5. The maximum atomic E-state index is 13.2. The third-order valence-corrected chi connectivity index (χ3v) is 6.31. The number of thiol groups is 1. The molecule has 2 aromatic rings. The lowest BCUT2D eigenvalue weighted by molar-refractivity contribution is -0.342. The number of ether oxygens (including phenoxy) is 1. The lowest BCUT2D eigenvalue weighted by Gasteiger charge is -2.35. The molecule has 0 fully saturated rings. The van der Waals surface area contributed by atoms with Gasteiger partial charge in [-0.25, -0.2) is 8.42 Å². The Morgan fingerprint density at radius 3 is 2.32 bits per heavy atom. The summed E-state index contributed by atoms with van der Waals surface area (Å²) in [4.78, 5) is 12.5. The second kappa shape index (κ2) is 10.4. The third-order valence-electron chi connectivity index (χ3n) is 4.89. The molecule has 2 aromatic carbocycles. The number of hydrogen-bond donors (Lipinski definition) is 2. The summed E-state index contributed by atoms with van der Waals surface area (Å²) in [5.41, 5.74) is 1.30. The van der Waals surface area contributed by atoms with E-state index in [0.717, 1.165) is 4.31 Å². The first kappa shape index (κ1) is 26.1. The van der Waals surface area contributed by atoms with Crippen molar-refractivity contribution in [3.05, 3.63) is 82.5 Å². The number of anilines is 1. The minimum absolute atomic E-state index is 0.0497. The lowest BCUT2D eigenvalue weighted by Crippen LogP contribution is -2.39. The van der Waals surface area contributed by atoms with Crippen LogP contribution in [0.5, 0.6) is 0 Å². The summed E-state index contributed by atoms with van der Waals surface area (Å²) in [5.74, 6) is -0.527. The first-order valence-electron chi connectivity index (χ1n) is 9.77. The second-order valence-corrected chi connectivity index (χ2v) is 9.46. The number of carbonyl (C=O) groups is 1. The summed E-state index contributed by atoms with van der Waals surface area (Å²) >= 11 is 12.6. The molecule has 0 saturated heterocycles. The molecule has 0 aliphatic heterocycles. The molecule has 0 spiro atoms. The van der Waals surface area contributed by atoms with Crippen molar-refractivity contribution >= 4 is 51.3 Å². The highest BCUT2D eigenvalue weighted by molar-refractivity contribution is 7.74. The van der Waals surface area contributed by atoms with Crippen molar-refractivity contribution in [3.63, 3.8) is 0 Å². The van der Waals surface area contributed by atoms with Gasteiger partial charge in [0.1, 0.15) is 0 Å². The molecule has 1 N–H and O–H groups in total. The van der Waals surface area contributed by atoms with E-state index >= 15 is 0 Å². The number of carbonyl (C=O) groups excluding carboxylic acids is 1. The Kier molecular flexibility index (Phi) is 7.97. The van der Waals surface area contributed by atoms with Crippen LogP contribution in [0.1, 0.15) is 17.5 Å². The van der Waals surface area contributed by atoms with Crippen molar-refractivity contribution in [2.75, 3.05) is 11.4 Å². The number of amides is 1. The summed E-state index contributed by atoms with van der Waals surface area (Å²) in [5, 5.41) is 0.0319. The Morgan fingerprint density at radius 1 is 1.15 bits per heavy atom. The fourth-order valence-corrected chi connectivity index (χ4v) is 4.64. The van der Waals surface area contributed by atoms with Crippen LogP contribution in [0, 0.1) is 0 Å². The van der Waals surface area contributed by atoms with Gasteiger partial charge in [-0.2, -0.15) is 0 Å². The summed E-state index contributed by atoms with van der Waals surface area (Å²) in [6.07, 6.45) is -4.34. The second-order valence-electron chi connectivity index (χ2n) is 7.36. The highest BCUT2D eigenvalue weighted by atomic mass is 35.5. The van der Waals surface area contributed by atoms with Crippen molar-refractivity contribution < 1.29 is 31.1 Å². The lowest BCUT2D eigenvalue weighted by atomic mass is 9.92. The van der Waals surface area contributed by atoms with Gasteiger partial charge in [-0.15, -0.1) is 13.2 Å². The minimum Gasteiger partial charge on any atom is -0.329 e. The van der Waals surface area contributed by atoms with Crippen molar-refractivity contribution in [2.24, 2.45) is 0 Å². The van der Waals surface area contributed by atoms with Crippen LogP contribution in [-0.2, 0) is 26.8 Å². The summed E-state index contributed by atoms with van der Waals surface area (Å²) < 4.78 is 67.0. The SMILES string of the molecule is CN(c1ccc(CC(=O)NC2=CC(Cl)=C(c3ccccc3)C(Cl)(OC(F)(F)F)C2)cc1)[SH](=O)=O. The largest absolute Gasteiger partial charge is 0.524 e. The first-order valence-corrected chi connectivity index (χ1v) is 11.7. The first-order chi connectivity index (χ1) is 15.9. The van der Waals surface area contributed by atoms with E-state index < -0.39 is 34.6 Å². The van der Waals surface area contributed by atoms with Gasteiger partial charge in [-0.3, -0.25) is 13.8 Å². The van der Waals surface area contributed by atoms with Gasteiger partial charge in [0.2, 0.25) is 16.8 Å². The Bertz CT molecular complexity index is 1190. The molecular weight excluding hydrogens is 516 g/mol. The zero-order chi connectivity index (χ0) is 25.1. The van der Waals surface area contributed by atoms with E-state index in [-0.39, 0.29) is 22.7 Å². The third kappa shape index (κ3) is 6.53. The minimum atomic E-state index is -5.06. The topological polar surface area (TPSA) is 75.7 Å². The Hall–Kier alpha value is -2.53. The molecule has 34 heavy (non-hydrogen) atoms. The van der Waals surface area contributed by atoms with E-state index in [1.165, 1.54) is 25.3 Å². The van der Waals surface area contributed by atoms with Crippen molar-refractivity contribution in [1.29, 1.82) is 0 Å². The molecule has 0 heterocycles. The Labute approximate surface area is 205 Å². The van der Waals surface area contributed by atoms with E-state index in [9.17, 15) is 26.4 Å². The number of rotatable bonds is 7. The zero-order valence-electron chi connectivity index (χ0n) is 17.6. The van der Waals surface area contributed by atoms with E-state index in [4.69, 9.17) is 23.2 Å². The Balaban J connectivity index is 1.82. The molecule has 182 valence electrons. The van der Waals surface area contributed by atoms with Crippen molar-refractivity contribution in [2.45, 2.75) is 24.3 Å². The molecule has 1 aliphatic carbocycles. The number of allylic oxidation sites excluding steroid dienone is 2. The molecule has 1 amide bonds. The van der Waals surface area contributed by atoms with E-state index in [1.54, 1.807) is 42.5 Å². The van der Waals surface area contributed by atoms with Crippen LogP contribution in [0.3, 0.4) is 0 Å². The fourth-order valence-electron chi connectivity index (χ4n) is 3.43. The number of nitrogens with one attached hydrogen (secondary N) is 1. The zero-order valence-corrected chi connectivity index (χ0v) is 20.0. The van der Waals surface area contributed by atoms with E-state index in [0.29, 0.717) is 16.8 Å². The number of benzene rings is 2. The summed E-state index contributed by atoms with van der Waals surface area (Å²) in [6.45, 7) is 0. The predicted octanol–water partition coefficient (Wildman–Crippen LogP) is 4.72. The Morgan fingerprint density at radius 2 is 1.76 bits per heavy atom. The molecule has 0 aromatic heterocycles. The van der Waals surface area contributed by atoms with Gasteiger partial charge >= 0.3 is 6.36 Å². The quantitative estimate of drug-likeness (QED) is 0.398. The van der Waals surface area contributed by atoms with E-state index in [2.05, 4.69) is 10.1 Å². The standard InChI is InChI=1S/C22H19Cl2F3N2O4S/c1-29(34(31)32)17-9-7-14(8-10-17)11-19(30)28-16-12-18(23)20(15-5-3-2-4-6-15)21(24,13-16)33-22(25,26)27/h2-10,12,34H,11,13H2,1H3,(H,28,30). The smallest absolute Gasteiger partial charge is 0.329 e. The number of nitrogens with zero attached hydrogens (tertiary/aromatic N) is 1. The van der Waals surface area contributed by atoms with Gasteiger partial charge in [-0.1, -0.05) is 65.7 Å². The number of alkyl halides is 4. The average Bonchev–Trinajstić information content (AvgIpc) is 2.72. The fraction of sp³-hybridized carbons (Fsp3) is 0.227. The molecule has 1 atom stereocenters. The summed E-state index contributed by atoms with van der Waals surface area (Å²) in [6, 6.07) is 14.2. The van der Waals surface area contributed by atoms with Crippen molar-refractivity contribution in [3.8, 4) is 0 Å². The van der Waals surface area contributed by atoms with Gasteiger partial charge in [0, 0.05) is 24.7 Å². The molecular formula is C22H19Cl2F3N2O4S. The summed E-state index contributed by atoms with van der Waals surface area (Å²) in [7, 11) is -1.41. The molecule has 6 nitrogen and oxygen atoms in total. The number of hydrogen-bond acceptors (Lipinski definition) is 4. The van der Waals surface area contributed by atoms with Crippen LogP contribution >= 0.6 is 23.2 Å². The molecule has 3 rings (SSSR count).